The molecule has 4 aromatic rings. The third-order valence-electron chi connectivity index (χ3n) is 5.66. The number of carbonyl (C=O) groups is 1. The van der Waals surface area contributed by atoms with Crippen molar-refractivity contribution in [2.24, 2.45) is 0 Å². The fourth-order valence-electron chi connectivity index (χ4n) is 3.71. The van der Waals surface area contributed by atoms with Crippen LogP contribution in [-0.2, 0) is 10.0 Å². The fraction of sp³-hybridized carbons (Fsp3) is 0.185. The van der Waals surface area contributed by atoms with Gasteiger partial charge in [-0.25, -0.2) is 13.2 Å². The molecule has 10 heteroatoms. The van der Waals surface area contributed by atoms with Crippen molar-refractivity contribution in [1.82, 2.24) is 4.31 Å². The molecule has 0 aliphatic rings. The van der Waals surface area contributed by atoms with E-state index >= 15 is 0 Å². The minimum absolute atomic E-state index is 0.0410. The van der Waals surface area contributed by atoms with E-state index in [4.69, 9.17) is 25.5 Å². The molecule has 0 bridgehead atoms. The molecule has 0 saturated carbocycles. The molecule has 0 amide bonds. The van der Waals surface area contributed by atoms with Gasteiger partial charge in [0.25, 0.3) is 0 Å². The topological polar surface area (TPSA) is 103 Å². The first-order valence-electron chi connectivity index (χ1n) is 11.5. The van der Waals surface area contributed by atoms with Gasteiger partial charge in [0.05, 0.1) is 15.8 Å². The molecule has 1 aromatic heterocycles. The second-order valence-corrected chi connectivity index (χ2v) is 10.4. The van der Waals surface area contributed by atoms with Gasteiger partial charge in [0.15, 0.2) is 0 Å². The summed E-state index contributed by atoms with van der Waals surface area (Å²) in [5.74, 6) is 0.194. The van der Waals surface area contributed by atoms with Crippen molar-refractivity contribution in [1.29, 1.82) is 0 Å². The van der Waals surface area contributed by atoms with Crippen LogP contribution in [0, 0.1) is 6.92 Å². The van der Waals surface area contributed by atoms with E-state index in [0.29, 0.717) is 23.9 Å². The first kappa shape index (κ1) is 26.4. The van der Waals surface area contributed by atoms with Crippen LogP contribution in [0.25, 0.3) is 11.0 Å². The summed E-state index contributed by atoms with van der Waals surface area (Å²) in [6, 6.07) is 16.5. The number of ether oxygens (including phenoxy) is 2. The fourth-order valence-corrected chi connectivity index (χ4v) is 5.30. The summed E-state index contributed by atoms with van der Waals surface area (Å²) in [6.07, 6.45) is 0. The Hall–Kier alpha value is -3.66. The SMILES string of the molecule is CCN(CC)S(=O)(=O)c1ccc(C(=O)Oc2ccc3c(=O)c(Oc4ccc(Cl)cc4)c(C)oc3c2)cc1. The van der Waals surface area contributed by atoms with Gasteiger partial charge in [-0.05, 0) is 67.6 Å². The third kappa shape index (κ3) is 5.53. The Kier molecular flexibility index (Phi) is 7.68. The monoisotopic (exact) mass is 541 g/mol. The van der Waals surface area contributed by atoms with Crippen LogP contribution in [0.5, 0.6) is 17.2 Å². The Morgan fingerprint density at radius 3 is 2.19 bits per heavy atom. The molecular formula is C27H24ClNO7S. The Morgan fingerprint density at radius 1 is 0.946 bits per heavy atom. The Morgan fingerprint density at radius 2 is 1.57 bits per heavy atom. The zero-order valence-electron chi connectivity index (χ0n) is 20.4. The van der Waals surface area contributed by atoms with Gasteiger partial charge < -0.3 is 13.9 Å². The smallest absolute Gasteiger partial charge is 0.343 e. The van der Waals surface area contributed by atoms with Gasteiger partial charge in [-0.3, -0.25) is 4.79 Å². The van der Waals surface area contributed by atoms with E-state index in [1.165, 1.54) is 46.8 Å². The van der Waals surface area contributed by atoms with Crippen molar-refractivity contribution < 1.29 is 27.1 Å². The summed E-state index contributed by atoms with van der Waals surface area (Å²) in [7, 11) is -3.64. The van der Waals surface area contributed by atoms with Crippen LogP contribution < -0.4 is 14.9 Å². The van der Waals surface area contributed by atoms with Crippen LogP contribution in [0.4, 0.5) is 0 Å². The van der Waals surface area contributed by atoms with Gasteiger partial charge >= 0.3 is 5.97 Å². The lowest BCUT2D eigenvalue weighted by molar-refractivity contribution is 0.0734. The Bertz CT molecular complexity index is 1610. The molecule has 0 unspecified atom stereocenters. The van der Waals surface area contributed by atoms with E-state index in [2.05, 4.69) is 0 Å². The highest BCUT2D eigenvalue weighted by Crippen LogP contribution is 2.28. The van der Waals surface area contributed by atoms with E-state index in [1.807, 2.05) is 0 Å². The summed E-state index contributed by atoms with van der Waals surface area (Å²) in [4.78, 5) is 25.8. The molecule has 0 radical (unpaired) electrons. The Balaban J connectivity index is 1.55. The van der Waals surface area contributed by atoms with Crippen molar-refractivity contribution >= 4 is 38.6 Å². The van der Waals surface area contributed by atoms with Gasteiger partial charge in [-0.1, -0.05) is 25.4 Å². The van der Waals surface area contributed by atoms with Crippen molar-refractivity contribution in [2.45, 2.75) is 25.7 Å². The zero-order valence-corrected chi connectivity index (χ0v) is 21.9. The van der Waals surface area contributed by atoms with Crippen molar-refractivity contribution in [2.75, 3.05) is 13.1 Å². The van der Waals surface area contributed by atoms with E-state index in [1.54, 1.807) is 45.0 Å². The second-order valence-electron chi connectivity index (χ2n) is 8.03. The van der Waals surface area contributed by atoms with Gasteiger partial charge in [0, 0.05) is 24.2 Å². The number of fused-ring (bicyclic) bond motifs is 1. The number of esters is 1. The molecule has 0 aliphatic heterocycles. The van der Waals surface area contributed by atoms with E-state index in [0.717, 1.165) is 0 Å². The van der Waals surface area contributed by atoms with Gasteiger partial charge in [-0.15, -0.1) is 0 Å². The van der Waals surface area contributed by atoms with Gasteiger partial charge in [0.2, 0.25) is 21.2 Å². The van der Waals surface area contributed by atoms with E-state index in [-0.39, 0.29) is 44.1 Å². The minimum Gasteiger partial charge on any atom is -0.457 e. The normalized spacial score (nSPS) is 11.6. The number of sulfonamides is 1. The number of rotatable bonds is 8. The molecule has 0 fully saturated rings. The predicted octanol–water partition coefficient (Wildman–Crippen LogP) is 5.80. The van der Waals surface area contributed by atoms with Crippen LogP contribution in [0.15, 0.2) is 80.8 Å². The minimum atomic E-state index is -3.64. The number of carbonyl (C=O) groups excluding carboxylic acids is 1. The van der Waals surface area contributed by atoms with Crippen LogP contribution in [0.2, 0.25) is 5.02 Å². The summed E-state index contributed by atoms with van der Waals surface area (Å²) in [5.41, 5.74) is 0.0106. The lowest BCUT2D eigenvalue weighted by Gasteiger charge is -2.18. The number of nitrogens with zero attached hydrogens (tertiary/aromatic N) is 1. The molecule has 8 nitrogen and oxygen atoms in total. The highest BCUT2D eigenvalue weighted by atomic mass is 35.5. The molecule has 0 N–H and O–H groups in total. The highest BCUT2D eigenvalue weighted by Gasteiger charge is 2.22. The second kappa shape index (κ2) is 10.8. The first-order chi connectivity index (χ1) is 17.6. The summed E-state index contributed by atoms with van der Waals surface area (Å²) in [6.45, 7) is 5.79. The number of hydrogen-bond acceptors (Lipinski definition) is 7. The number of halogens is 1. The maximum atomic E-state index is 13.0. The molecule has 3 aromatic carbocycles. The maximum Gasteiger partial charge on any atom is 0.343 e. The van der Waals surface area contributed by atoms with Crippen molar-refractivity contribution in [3.05, 3.63) is 93.3 Å². The van der Waals surface area contributed by atoms with Gasteiger partial charge in [0.1, 0.15) is 22.8 Å². The van der Waals surface area contributed by atoms with E-state index in [9.17, 15) is 18.0 Å². The molecule has 0 atom stereocenters. The Labute approximate surface area is 219 Å². The predicted molar refractivity (Wildman–Crippen MR) is 140 cm³/mol. The summed E-state index contributed by atoms with van der Waals surface area (Å²) in [5, 5.41) is 0.789. The third-order valence-corrected chi connectivity index (χ3v) is 7.98. The number of benzene rings is 3. The molecule has 1 heterocycles. The largest absolute Gasteiger partial charge is 0.457 e. The maximum absolute atomic E-state index is 13.0. The molecule has 192 valence electrons. The first-order valence-corrected chi connectivity index (χ1v) is 13.3. The molecule has 0 spiro atoms. The summed E-state index contributed by atoms with van der Waals surface area (Å²) < 4.78 is 43.6. The summed E-state index contributed by atoms with van der Waals surface area (Å²) >= 11 is 5.89. The lowest BCUT2D eigenvalue weighted by atomic mass is 10.2. The number of hydrogen-bond donors (Lipinski definition) is 0. The van der Waals surface area contributed by atoms with Crippen LogP contribution in [-0.4, -0.2) is 31.8 Å². The average Bonchev–Trinajstić information content (AvgIpc) is 2.88. The van der Waals surface area contributed by atoms with Crippen molar-refractivity contribution in [3.8, 4) is 17.2 Å². The number of aryl methyl sites for hydroxylation is 1. The van der Waals surface area contributed by atoms with E-state index < -0.39 is 16.0 Å². The molecule has 0 saturated heterocycles. The molecular weight excluding hydrogens is 518 g/mol. The highest BCUT2D eigenvalue weighted by molar-refractivity contribution is 7.89. The molecule has 0 aliphatic carbocycles. The van der Waals surface area contributed by atoms with Crippen LogP contribution >= 0.6 is 11.6 Å². The van der Waals surface area contributed by atoms with Crippen molar-refractivity contribution in [3.63, 3.8) is 0 Å². The van der Waals surface area contributed by atoms with Gasteiger partial charge in [-0.2, -0.15) is 4.31 Å². The standard InChI is InChI=1S/C27H24ClNO7S/c1-4-29(5-2)37(32,33)22-13-6-18(7-14-22)27(31)36-21-12-15-23-24(16-21)34-17(3)26(25(23)30)35-20-10-8-19(28)9-11-20/h6-16H,4-5H2,1-3H3. The molecule has 37 heavy (non-hydrogen) atoms. The average molecular weight is 542 g/mol. The quantitative estimate of drug-likeness (QED) is 0.205. The van der Waals surface area contributed by atoms with Crippen LogP contribution in [0.1, 0.15) is 30.0 Å². The molecule has 4 rings (SSSR count). The lowest BCUT2D eigenvalue weighted by Crippen LogP contribution is -2.30. The zero-order chi connectivity index (χ0) is 26.7. The van der Waals surface area contributed by atoms with Crippen LogP contribution in [0.3, 0.4) is 0 Å².